The summed E-state index contributed by atoms with van der Waals surface area (Å²) in [6.07, 6.45) is 12.0. The van der Waals surface area contributed by atoms with Gasteiger partial charge in [-0.05, 0) is 33.5 Å². The van der Waals surface area contributed by atoms with Crippen LogP contribution in [0.3, 0.4) is 0 Å². The molecule has 0 aromatic carbocycles. The van der Waals surface area contributed by atoms with E-state index in [2.05, 4.69) is 25.9 Å². The van der Waals surface area contributed by atoms with Gasteiger partial charge in [0.05, 0.1) is 0 Å². The van der Waals surface area contributed by atoms with Crippen LogP contribution < -0.4 is 0 Å². The quantitative estimate of drug-likeness (QED) is 0.378. The van der Waals surface area contributed by atoms with Crippen LogP contribution in [0, 0.1) is 0 Å². The Hall–Kier alpha value is 0.250. The number of rotatable bonds is 11. The lowest BCUT2D eigenvalue weighted by atomic mass is 10.1. The van der Waals surface area contributed by atoms with Gasteiger partial charge in [0.2, 0.25) is 0 Å². The van der Waals surface area contributed by atoms with Crippen molar-refractivity contribution in [2.75, 3.05) is 20.6 Å². The molecular formula is C14H30ClN. The first kappa shape index (κ1) is 16.2. The Labute approximate surface area is 108 Å². The fourth-order valence-electron chi connectivity index (χ4n) is 1.87. The number of hydrogen-bond acceptors (Lipinski definition) is 1. The van der Waals surface area contributed by atoms with Crippen LogP contribution in [-0.2, 0) is 0 Å². The number of unbranched alkanes of at least 4 members (excludes halogenated alkanes) is 6. The summed E-state index contributed by atoms with van der Waals surface area (Å²) in [5.74, 6) is 0. The second-order valence-electron chi connectivity index (χ2n) is 5.10. The van der Waals surface area contributed by atoms with E-state index in [0.29, 0.717) is 5.38 Å². The van der Waals surface area contributed by atoms with E-state index in [1.54, 1.807) is 0 Å². The van der Waals surface area contributed by atoms with E-state index >= 15 is 0 Å². The van der Waals surface area contributed by atoms with E-state index in [0.717, 1.165) is 13.0 Å². The van der Waals surface area contributed by atoms with Gasteiger partial charge in [0.1, 0.15) is 0 Å². The van der Waals surface area contributed by atoms with Crippen molar-refractivity contribution in [1.29, 1.82) is 0 Å². The molecule has 0 bridgehead atoms. The highest BCUT2D eigenvalue weighted by Crippen LogP contribution is 2.14. The minimum atomic E-state index is 0.387. The van der Waals surface area contributed by atoms with Crippen molar-refractivity contribution in [2.45, 2.75) is 70.1 Å². The monoisotopic (exact) mass is 247 g/mol. The molecule has 0 saturated heterocycles. The minimum absolute atomic E-state index is 0.387. The molecule has 0 aliphatic carbocycles. The van der Waals surface area contributed by atoms with Crippen molar-refractivity contribution in [1.82, 2.24) is 4.90 Å². The molecule has 0 radical (unpaired) electrons. The average Bonchev–Trinajstić information content (AvgIpc) is 2.25. The highest BCUT2D eigenvalue weighted by molar-refractivity contribution is 6.20. The normalized spacial score (nSPS) is 13.3. The zero-order chi connectivity index (χ0) is 12.2. The number of nitrogens with zero attached hydrogens (tertiary/aromatic N) is 1. The Morgan fingerprint density at radius 2 is 1.44 bits per heavy atom. The molecule has 0 heterocycles. The van der Waals surface area contributed by atoms with Crippen molar-refractivity contribution < 1.29 is 0 Å². The molecule has 0 rings (SSSR count). The minimum Gasteiger partial charge on any atom is -0.309 e. The van der Waals surface area contributed by atoms with Crippen molar-refractivity contribution in [3.05, 3.63) is 0 Å². The van der Waals surface area contributed by atoms with Gasteiger partial charge >= 0.3 is 0 Å². The van der Waals surface area contributed by atoms with Crippen LogP contribution in [0.2, 0.25) is 0 Å². The highest BCUT2D eigenvalue weighted by atomic mass is 35.5. The van der Waals surface area contributed by atoms with E-state index in [-0.39, 0.29) is 0 Å². The van der Waals surface area contributed by atoms with Gasteiger partial charge in [0.15, 0.2) is 0 Å². The number of halogens is 1. The maximum Gasteiger partial charge on any atom is 0.0348 e. The summed E-state index contributed by atoms with van der Waals surface area (Å²) in [7, 11) is 4.22. The summed E-state index contributed by atoms with van der Waals surface area (Å²) in [4.78, 5) is 2.21. The van der Waals surface area contributed by atoms with Crippen LogP contribution in [0.1, 0.15) is 64.7 Å². The highest BCUT2D eigenvalue weighted by Gasteiger charge is 2.04. The maximum absolute atomic E-state index is 6.26. The molecule has 1 atom stereocenters. The molecule has 0 aliphatic heterocycles. The molecule has 2 heteroatoms. The van der Waals surface area contributed by atoms with Gasteiger partial charge in [-0.15, -0.1) is 11.6 Å². The SMILES string of the molecule is CCCCCCCCCC(Cl)CCN(C)C. The lowest BCUT2D eigenvalue weighted by Gasteiger charge is -2.13. The van der Waals surface area contributed by atoms with Gasteiger partial charge in [0.25, 0.3) is 0 Å². The predicted molar refractivity (Wildman–Crippen MR) is 75.4 cm³/mol. The molecule has 0 fully saturated rings. The third-order valence-corrected chi connectivity index (χ3v) is 3.45. The molecule has 98 valence electrons. The van der Waals surface area contributed by atoms with Gasteiger partial charge in [-0.1, -0.05) is 51.9 Å². The van der Waals surface area contributed by atoms with Crippen LogP contribution in [0.25, 0.3) is 0 Å². The van der Waals surface area contributed by atoms with E-state index in [1.807, 2.05) is 0 Å². The zero-order valence-corrected chi connectivity index (χ0v) is 12.2. The summed E-state index contributed by atoms with van der Waals surface area (Å²) < 4.78 is 0. The third-order valence-electron chi connectivity index (χ3n) is 3.01. The molecule has 1 nitrogen and oxygen atoms in total. The lowest BCUT2D eigenvalue weighted by molar-refractivity contribution is 0.391. The summed E-state index contributed by atoms with van der Waals surface area (Å²) in [6, 6.07) is 0. The fourth-order valence-corrected chi connectivity index (χ4v) is 2.12. The molecule has 16 heavy (non-hydrogen) atoms. The molecule has 0 saturated carbocycles. The van der Waals surface area contributed by atoms with Crippen LogP contribution >= 0.6 is 11.6 Å². The summed E-state index contributed by atoms with van der Waals surface area (Å²) in [5, 5.41) is 0.387. The van der Waals surface area contributed by atoms with Gasteiger partial charge in [-0.3, -0.25) is 0 Å². The third kappa shape index (κ3) is 12.3. The van der Waals surface area contributed by atoms with Crippen LogP contribution in [0.15, 0.2) is 0 Å². The molecular weight excluding hydrogens is 218 g/mol. The second kappa shape index (κ2) is 11.7. The predicted octanol–water partition coefficient (Wildman–Crippen LogP) is 4.69. The smallest absolute Gasteiger partial charge is 0.0348 e. The Morgan fingerprint density at radius 3 is 2.00 bits per heavy atom. The Balaban J connectivity index is 3.12. The summed E-state index contributed by atoms with van der Waals surface area (Å²) >= 11 is 6.26. The average molecular weight is 248 g/mol. The van der Waals surface area contributed by atoms with Crippen molar-refractivity contribution in [3.8, 4) is 0 Å². The molecule has 0 N–H and O–H groups in total. The van der Waals surface area contributed by atoms with Gasteiger partial charge in [-0.25, -0.2) is 0 Å². The molecule has 0 aromatic heterocycles. The van der Waals surface area contributed by atoms with Gasteiger partial charge < -0.3 is 4.90 Å². The van der Waals surface area contributed by atoms with Crippen LogP contribution in [0.4, 0.5) is 0 Å². The zero-order valence-electron chi connectivity index (χ0n) is 11.5. The van der Waals surface area contributed by atoms with E-state index in [9.17, 15) is 0 Å². The van der Waals surface area contributed by atoms with Crippen LogP contribution in [0.5, 0.6) is 0 Å². The maximum atomic E-state index is 6.26. The van der Waals surface area contributed by atoms with Crippen LogP contribution in [-0.4, -0.2) is 30.9 Å². The van der Waals surface area contributed by atoms with Crippen molar-refractivity contribution in [2.24, 2.45) is 0 Å². The Bertz CT molecular complexity index is 137. The largest absolute Gasteiger partial charge is 0.309 e. The molecule has 0 aliphatic rings. The fraction of sp³-hybridized carbons (Fsp3) is 1.00. The van der Waals surface area contributed by atoms with Gasteiger partial charge in [0, 0.05) is 5.38 Å². The van der Waals surface area contributed by atoms with Gasteiger partial charge in [-0.2, -0.15) is 0 Å². The first-order valence-corrected chi connectivity index (χ1v) is 7.39. The lowest BCUT2D eigenvalue weighted by Crippen LogP contribution is -2.16. The second-order valence-corrected chi connectivity index (χ2v) is 5.72. The van der Waals surface area contributed by atoms with E-state index in [4.69, 9.17) is 11.6 Å². The number of hydrogen-bond donors (Lipinski definition) is 0. The Kier molecular flexibility index (Phi) is 11.9. The topological polar surface area (TPSA) is 3.24 Å². The van der Waals surface area contributed by atoms with Crippen molar-refractivity contribution >= 4 is 11.6 Å². The molecule has 1 unspecified atom stereocenters. The summed E-state index contributed by atoms with van der Waals surface area (Å²) in [5.41, 5.74) is 0. The first-order valence-electron chi connectivity index (χ1n) is 6.95. The summed E-state index contributed by atoms with van der Waals surface area (Å²) in [6.45, 7) is 3.38. The Morgan fingerprint density at radius 1 is 0.875 bits per heavy atom. The standard InChI is InChI=1S/C14H30ClN/c1-4-5-6-7-8-9-10-11-14(15)12-13-16(2)3/h14H,4-13H2,1-3H3. The van der Waals surface area contributed by atoms with E-state index < -0.39 is 0 Å². The molecule has 0 amide bonds. The van der Waals surface area contributed by atoms with Crippen molar-refractivity contribution in [3.63, 3.8) is 0 Å². The first-order chi connectivity index (χ1) is 7.66. The molecule has 0 aromatic rings. The van der Waals surface area contributed by atoms with E-state index in [1.165, 1.54) is 51.4 Å². The molecule has 0 spiro atoms. The number of alkyl halides is 1.